The van der Waals surface area contributed by atoms with Crippen LogP contribution in [0.1, 0.15) is 34.1 Å². The summed E-state index contributed by atoms with van der Waals surface area (Å²) in [5.74, 6) is -1.01. The molecule has 7 rings (SSSR count). The maximum Gasteiger partial charge on any atom is 0.518 e. The molecule has 0 unspecified atom stereocenters. The molecule has 3 aromatic heterocycles. The molecule has 9 nitrogen and oxygen atoms in total. The Morgan fingerprint density at radius 2 is 1.74 bits per heavy atom. The van der Waals surface area contributed by atoms with Gasteiger partial charge in [0.1, 0.15) is 18.1 Å². The Hall–Kier alpha value is -4.89. The van der Waals surface area contributed by atoms with Gasteiger partial charge in [0.05, 0.1) is 28.5 Å². The SMILES string of the molecule is CCc1c(F)ccc2cc3c(cnn3S(=O)(=O)C(F)(F)F)c(-c3nccc4c3C(=O)c3nc(SC)nc(OCc5ccccc5)c3-4)c12. The Labute approximate surface area is 268 Å². The molecule has 47 heavy (non-hydrogen) atoms. The molecule has 3 heterocycles. The molecule has 6 aromatic rings. The number of thioether (sulfide) groups is 1. The summed E-state index contributed by atoms with van der Waals surface area (Å²) in [6, 6.07) is 14.6. The fraction of sp³-hybridized carbons (Fsp3) is 0.156. The van der Waals surface area contributed by atoms with Crippen molar-refractivity contribution >= 4 is 49.2 Å². The van der Waals surface area contributed by atoms with E-state index in [-0.39, 0.29) is 72.4 Å². The zero-order valence-electron chi connectivity index (χ0n) is 24.5. The Bertz CT molecular complexity index is 2380. The topological polar surface area (TPSA) is 117 Å². The normalized spacial score (nSPS) is 12.9. The lowest BCUT2D eigenvalue weighted by molar-refractivity contribution is -0.0448. The molecule has 0 spiro atoms. The molecule has 0 amide bonds. The van der Waals surface area contributed by atoms with Crippen LogP contribution < -0.4 is 4.74 Å². The molecule has 15 heteroatoms. The number of halogens is 4. The van der Waals surface area contributed by atoms with E-state index in [0.29, 0.717) is 11.1 Å². The summed E-state index contributed by atoms with van der Waals surface area (Å²) in [5.41, 5.74) is -4.27. The van der Waals surface area contributed by atoms with E-state index in [1.165, 1.54) is 30.1 Å². The maximum absolute atomic E-state index is 15.3. The molecule has 1 aliphatic carbocycles. The quantitative estimate of drug-likeness (QED) is 0.100. The molecule has 1 aliphatic rings. The molecule has 0 radical (unpaired) electrons. The van der Waals surface area contributed by atoms with Gasteiger partial charge in [-0.1, -0.05) is 55.1 Å². The number of rotatable bonds is 7. The number of carbonyl (C=O) groups excluding carboxylic acids is 1. The van der Waals surface area contributed by atoms with Gasteiger partial charge in [-0.2, -0.15) is 31.7 Å². The van der Waals surface area contributed by atoms with Crippen LogP contribution in [-0.4, -0.2) is 50.1 Å². The average Bonchev–Trinajstić information content (AvgIpc) is 3.61. The molecule has 0 bridgehead atoms. The van der Waals surface area contributed by atoms with E-state index in [1.54, 1.807) is 19.2 Å². The van der Waals surface area contributed by atoms with Gasteiger partial charge in [0.15, 0.2) is 5.16 Å². The molecule has 0 atom stereocenters. The van der Waals surface area contributed by atoms with Gasteiger partial charge in [0, 0.05) is 22.7 Å². The molecule has 0 saturated carbocycles. The number of aromatic nitrogens is 5. The van der Waals surface area contributed by atoms with E-state index in [0.717, 1.165) is 17.8 Å². The van der Waals surface area contributed by atoms with E-state index in [4.69, 9.17) is 4.74 Å². The van der Waals surface area contributed by atoms with Crippen LogP contribution in [0, 0.1) is 5.82 Å². The van der Waals surface area contributed by atoms with Crippen LogP contribution in [0.15, 0.2) is 72.1 Å². The number of benzene rings is 3. The summed E-state index contributed by atoms with van der Waals surface area (Å²) >= 11 is 1.20. The van der Waals surface area contributed by atoms with Crippen molar-refractivity contribution in [3.05, 3.63) is 95.2 Å². The Kier molecular flexibility index (Phi) is 7.28. The van der Waals surface area contributed by atoms with Crippen molar-refractivity contribution in [2.75, 3.05) is 6.26 Å². The first kappa shape index (κ1) is 30.7. The number of hydrogen-bond acceptors (Lipinski definition) is 9. The van der Waals surface area contributed by atoms with Crippen molar-refractivity contribution in [2.45, 2.75) is 30.6 Å². The fourth-order valence-corrected chi connectivity index (χ4v) is 6.98. The fourth-order valence-electron chi connectivity index (χ4n) is 5.84. The summed E-state index contributed by atoms with van der Waals surface area (Å²) in [6.45, 7) is 1.83. The molecular formula is C32H21F4N5O4S2. The molecule has 0 saturated heterocycles. The monoisotopic (exact) mass is 679 g/mol. The lowest BCUT2D eigenvalue weighted by atomic mass is 9.90. The first-order valence-corrected chi connectivity index (χ1v) is 16.7. The Morgan fingerprint density at radius 1 is 0.979 bits per heavy atom. The van der Waals surface area contributed by atoms with Crippen LogP contribution >= 0.6 is 11.8 Å². The van der Waals surface area contributed by atoms with Gasteiger partial charge < -0.3 is 4.74 Å². The third-order valence-corrected chi connectivity index (χ3v) is 9.78. The van der Waals surface area contributed by atoms with Gasteiger partial charge in [-0.15, -0.1) is 4.09 Å². The number of nitrogens with zero attached hydrogens (tertiary/aromatic N) is 5. The first-order valence-electron chi connectivity index (χ1n) is 14.1. The van der Waals surface area contributed by atoms with Crippen LogP contribution in [-0.2, 0) is 23.1 Å². The number of pyridine rings is 1. The second kappa shape index (κ2) is 11.1. The lowest BCUT2D eigenvalue weighted by Gasteiger charge is -2.16. The summed E-state index contributed by atoms with van der Waals surface area (Å²) in [4.78, 5) is 27.7. The average molecular weight is 680 g/mol. The van der Waals surface area contributed by atoms with Gasteiger partial charge in [0.25, 0.3) is 0 Å². The lowest BCUT2D eigenvalue weighted by Crippen LogP contribution is -2.30. The molecule has 3 aromatic carbocycles. The number of aryl methyl sites for hydroxylation is 1. The van der Waals surface area contributed by atoms with E-state index in [9.17, 15) is 26.4 Å². The minimum Gasteiger partial charge on any atom is -0.472 e. The standard InChI is InChI=1S/C32H21F4N5O4S2/c1-3-18-21(33)10-9-17-13-22-20(14-38-41(22)47(43,44)32(34,35)36)24(23(17)18)27-25-19(11-12-37-27)26-28(29(25)42)39-31(46-2)40-30(26)45-15-16-7-5-4-6-8-16/h4-14H,3,15H2,1-2H3. The van der Waals surface area contributed by atoms with E-state index >= 15 is 4.39 Å². The zero-order chi connectivity index (χ0) is 33.2. The van der Waals surface area contributed by atoms with Gasteiger partial charge in [-0.25, -0.2) is 9.37 Å². The van der Waals surface area contributed by atoms with Crippen LogP contribution in [0.4, 0.5) is 17.6 Å². The second-order valence-electron chi connectivity index (χ2n) is 10.5. The molecular weight excluding hydrogens is 659 g/mol. The Morgan fingerprint density at radius 3 is 2.45 bits per heavy atom. The van der Waals surface area contributed by atoms with Crippen molar-refractivity contribution in [3.63, 3.8) is 0 Å². The number of alkyl halides is 3. The van der Waals surface area contributed by atoms with Gasteiger partial charge >= 0.3 is 15.5 Å². The molecule has 0 fully saturated rings. The third-order valence-electron chi connectivity index (χ3n) is 7.90. The van der Waals surface area contributed by atoms with Gasteiger partial charge in [-0.05, 0) is 52.8 Å². The number of carbonyl (C=O) groups is 1. The zero-order valence-corrected chi connectivity index (χ0v) is 26.1. The number of ether oxygens (including phenoxy) is 1. The summed E-state index contributed by atoms with van der Waals surface area (Å²) in [6.07, 6.45) is 4.25. The predicted molar refractivity (Wildman–Crippen MR) is 167 cm³/mol. The van der Waals surface area contributed by atoms with Crippen molar-refractivity contribution in [1.29, 1.82) is 0 Å². The minimum absolute atomic E-state index is 0.00920. The highest BCUT2D eigenvalue weighted by Crippen LogP contribution is 2.48. The number of fused-ring (bicyclic) bond motifs is 5. The highest BCUT2D eigenvalue weighted by atomic mass is 32.2. The van der Waals surface area contributed by atoms with E-state index < -0.39 is 32.6 Å². The second-order valence-corrected chi connectivity index (χ2v) is 13.1. The van der Waals surface area contributed by atoms with Crippen LogP contribution in [0.2, 0.25) is 0 Å². The first-order chi connectivity index (χ1) is 22.5. The smallest absolute Gasteiger partial charge is 0.472 e. The van der Waals surface area contributed by atoms with E-state index in [1.807, 2.05) is 30.3 Å². The third kappa shape index (κ3) is 4.75. The summed E-state index contributed by atoms with van der Waals surface area (Å²) < 4.78 is 87.5. The molecule has 0 aliphatic heterocycles. The maximum atomic E-state index is 15.3. The largest absolute Gasteiger partial charge is 0.518 e. The van der Waals surface area contributed by atoms with Gasteiger partial charge in [-0.3, -0.25) is 9.78 Å². The van der Waals surface area contributed by atoms with Gasteiger partial charge in [0.2, 0.25) is 11.7 Å². The van der Waals surface area contributed by atoms with Crippen LogP contribution in [0.25, 0.3) is 44.1 Å². The van der Waals surface area contributed by atoms with Crippen molar-refractivity contribution in [2.24, 2.45) is 0 Å². The molecule has 0 N–H and O–H groups in total. The Balaban J connectivity index is 1.53. The van der Waals surface area contributed by atoms with Crippen molar-refractivity contribution in [1.82, 2.24) is 24.1 Å². The number of hydrogen-bond donors (Lipinski definition) is 0. The predicted octanol–water partition coefficient (Wildman–Crippen LogP) is 6.95. The number of ketones is 1. The highest BCUT2D eigenvalue weighted by molar-refractivity contribution is 7.98. The minimum atomic E-state index is -5.95. The highest BCUT2D eigenvalue weighted by Gasteiger charge is 2.49. The van der Waals surface area contributed by atoms with Crippen LogP contribution in [0.3, 0.4) is 0 Å². The van der Waals surface area contributed by atoms with Crippen molar-refractivity contribution < 1.29 is 35.5 Å². The molecule has 238 valence electrons. The summed E-state index contributed by atoms with van der Waals surface area (Å²) in [5, 5.41) is 4.29. The van der Waals surface area contributed by atoms with Crippen LogP contribution in [0.5, 0.6) is 5.88 Å². The summed E-state index contributed by atoms with van der Waals surface area (Å²) in [7, 11) is -5.95. The van der Waals surface area contributed by atoms with E-state index in [2.05, 4.69) is 20.1 Å². The van der Waals surface area contributed by atoms with Crippen molar-refractivity contribution in [3.8, 4) is 28.3 Å².